The third kappa shape index (κ3) is 4.02. The quantitative estimate of drug-likeness (QED) is 0.838. The van der Waals surface area contributed by atoms with Gasteiger partial charge in [-0.2, -0.15) is 0 Å². The number of aliphatic hydroxyl groups excluding tert-OH is 1. The van der Waals surface area contributed by atoms with Crippen molar-refractivity contribution in [2.75, 3.05) is 11.9 Å². The Morgan fingerprint density at radius 2 is 2.19 bits per heavy atom. The van der Waals surface area contributed by atoms with Crippen LogP contribution in [0.3, 0.4) is 0 Å². The van der Waals surface area contributed by atoms with E-state index in [1.165, 1.54) is 6.20 Å². The summed E-state index contributed by atoms with van der Waals surface area (Å²) in [6.07, 6.45) is 2.26. The molecule has 0 aliphatic rings. The molecule has 0 saturated heterocycles. The van der Waals surface area contributed by atoms with Crippen molar-refractivity contribution >= 4 is 23.2 Å². The molecule has 0 spiro atoms. The molecule has 106 valence electrons. The van der Waals surface area contributed by atoms with Crippen LogP contribution in [0.25, 0.3) is 0 Å². The first-order valence-electron chi connectivity index (χ1n) is 5.91. The van der Waals surface area contributed by atoms with Gasteiger partial charge in [0.25, 0.3) is 5.91 Å². The minimum atomic E-state index is -0.601. The number of hydrogen-bond acceptors (Lipinski definition) is 3. The molecular weight excluding hydrogens is 295 g/mol. The summed E-state index contributed by atoms with van der Waals surface area (Å²) in [5.74, 6) is 4.06. The lowest BCUT2D eigenvalue weighted by molar-refractivity contribution is 0.102. The highest BCUT2D eigenvalue weighted by Gasteiger charge is 2.10. The van der Waals surface area contributed by atoms with Gasteiger partial charge in [-0.1, -0.05) is 23.4 Å². The zero-order valence-electron chi connectivity index (χ0n) is 10.7. The first kappa shape index (κ1) is 15.0. The molecule has 1 aromatic carbocycles. The van der Waals surface area contributed by atoms with Gasteiger partial charge in [0.1, 0.15) is 12.4 Å². The van der Waals surface area contributed by atoms with Crippen LogP contribution in [0.1, 0.15) is 15.9 Å². The fourth-order valence-electron chi connectivity index (χ4n) is 1.57. The monoisotopic (exact) mass is 304 g/mol. The lowest BCUT2D eigenvalue weighted by atomic mass is 10.2. The number of carbonyl (C=O) groups excluding carboxylic acids is 1. The standard InChI is InChI=1S/C15H10ClFN2O2/c16-13-4-3-10(2-1-5-20)6-14(13)19-15(21)11-7-12(17)9-18-8-11/h3-4,6-9,20H,5H2,(H,19,21). The molecule has 1 aromatic heterocycles. The Morgan fingerprint density at radius 3 is 2.90 bits per heavy atom. The predicted octanol–water partition coefficient (Wildman–Crippen LogP) is 2.47. The summed E-state index contributed by atoms with van der Waals surface area (Å²) in [4.78, 5) is 15.6. The normalized spacial score (nSPS) is 9.67. The van der Waals surface area contributed by atoms with E-state index in [9.17, 15) is 9.18 Å². The molecule has 0 aliphatic carbocycles. The molecule has 0 fully saturated rings. The molecule has 1 heterocycles. The number of amides is 1. The van der Waals surface area contributed by atoms with E-state index in [4.69, 9.17) is 16.7 Å². The van der Waals surface area contributed by atoms with Gasteiger partial charge in [-0.25, -0.2) is 4.39 Å². The third-order valence-electron chi connectivity index (χ3n) is 2.49. The molecule has 2 rings (SSSR count). The second-order valence-electron chi connectivity index (χ2n) is 4.00. The number of nitrogens with one attached hydrogen (secondary N) is 1. The van der Waals surface area contributed by atoms with E-state index in [1.54, 1.807) is 18.2 Å². The van der Waals surface area contributed by atoms with Crippen molar-refractivity contribution in [3.63, 3.8) is 0 Å². The smallest absolute Gasteiger partial charge is 0.257 e. The lowest BCUT2D eigenvalue weighted by Gasteiger charge is -2.07. The van der Waals surface area contributed by atoms with Gasteiger partial charge in [-0.3, -0.25) is 9.78 Å². The average Bonchev–Trinajstić information content (AvgIpc) is 2.48. The summed E-state index contributed by atoms with van der Waals surface area (Å²) in [6, 6.07) is 5.87. The number of aliphatic hydroxyl groups is 1. The summed E-state index contributed by atoms with van der Waals surface area (Å²) in [6.45, 7) is -0.265. The average molecular weight is 305 g/mol. The number of carbonyl (C=O) groups is 1. The second kappa shape index (κ2) is 6.84. The first-order valence-corrected chi connectivity index (χ1v) is 6.29. The molecule has 0 bridgehead atoms. The Balaban J connectivity index is 2.24. The number of anilines is 1. The van der Waals surface area contributed by atoms with Crippen LogP contribution in [0.2, 0.25) is 5.02 Å². The largest absolute Gasteiger partial charge is 0.384 e. The number of benzene rings is 1. The molecule has 0 atom stereocenters. The molecule has 0 saturated carbocycles. The summed E-state index contributed by atoms with van der Waals surface area (Å²) < 4.78 is 13.0. The molecule has 4 nitrogen and oxygen atoms in total. The Morgan fingerprint density at radius 1 is 1.38 bits per heavy atom. The SMILES string of the molecule is O=C(Nc1cc(C#CCO)ccc1Cl)c1cncc(F)c1. The Kier molecular flexibility index (Phi) is 4.88. The van der Waals surface area contributed by atoms with Crippen LogP contribution in [-0.2, 0) is 0 Å². The molecular formula is C15H10ClFN2O2. The number of halogens is 2. The van der Waals surface area contributed by atoms with Gasteiger partial charge in [-0.05, 0) is 24.3 Å². The first-order chi connectivity index (χ1) is 10.1. The maximum absolute atomic E-state index is 13.0. The topological polar surface area (TPSA) is 62.2 Å². The van der Waals surface area contributed by atoms with E-state index in [1.807, 2.05) is 0 Å². The maximum Gasteiger partial charge on any atom is 0.257 e. The van der Waals surface area contributed by atoms with Crippen LogP contribution in [0.5, 0.6) is 0 Å². The minimum absolute atomic E-state index is 0.0814. The van der Waals surface area contributed by atoms with E-state index in [0.717, 1.165) is 12.3 Å². The number of nitrogens with zero attached hydrogens (tertiary/aromatic N) is 1. The van der Waals surface area contributed by atoms with Gasteiger partial charge in [0.05, 0.1) is 22.5 Å². The molecule has 0 radical (unpaired) electrons. The summed E-state index contributed by atoms with van der Waals surface area (Å²) in [5.41, 5.74) is 1.01. The molecule has 2 aromatic rings. The van der Waals surface area contributed by atoms with Crippen molar-refractivity contribution in [2.24, 2.45) is 0 Å². The van der Waals surface area contributed by atoms with Crippen molar-refractivity contribution in [2.45, 2.75) is 0 Å². The zero-order valence-corrected chi connectivity index (χ0v) is 11.5. The van der Waals surface area contributed by atoms with E-state index in [-0.39, 0.29) is 12.2 Å². The minimum Gasteiger partial charge on any atom is -0.384 e. The van der Waals surface area contributed by atoms with Crippen molar-refractivity contribution in [1.82, 2.24) is 4.98 Å². The van der Waals surface area contributed by atoms with E-state index in [0.29, 0.717) is 16.3 Å². The number of pyridine rings is 1. The Hall–Kier alpha value is -2.42. The van der Waals surface area contributed by atoms with Crippen molar-refractivity contribution < 1.29 is 14.3 Å². The second-order valence-corrected chi connectivity index (χ2v) is 4.41. The number of hydrogen-bond donors (Lipinski definition) is 2. The Labute approximate surface area is 125 Å². The fourth-order valence-corrected chi connectivity index (χ4v) is 1.74. The Bertz CT molecular complexity index is 738. The van der Waals surface area contributed by atoms with Gasteiger partial charge in [-0.15, -0.1) is 0 Å². The van der Waals surface area contributed by atoms with E-state index < -0.39 is 11.7 Å². The number of rotatable bonds is 2. The van der Waals surface area contributed by atoms with E-state index >= 15 is 0 Å². The molecule has 0 unspecified atom stereocenters. The maximum atomic E-state index is 13.0. The van der Waals surface area contributed by atoms with Crippen LogP contribution in [-0.4, -0.2) is 22.6 Å². The molecule has 0 aliphatic heterocycles. The zero-order chi connectivity index (χ0) is 15.2. The molecule has 6 heteroatoms. The predicted molar refractivity (Wildman–Crippen MR) is 77.6 cm³/mol. The van der Waals surface area contributed by atoms with Crippen LogP contribution in [0.15, 0.2) is 36.7 Å². The van der Waals surface area contributed by atoms with Crippen molar-refractivity contribution in [3.05, 3.63) is 58.6 Å². The van der Waals surface area contributed by atoms with Crippen molar-refractivity contribution in [1.29, 1.82) is 0 Å². The molecule has 2 N–H and O–H groups in total. The van der Waals surface area contributed by atoms with Gasteiger partial charge >= 0.3 is 0 Å². The summed E-state index contributed by atoms with van der Waals surface area (Å²) in [5, 5.41) is 11.5. The van der Waals surface area contributed by atoms with Crippen LogP contribution >= 0.6 is 11.6 Å². The van der Waals surface area contributed by atoms with E-state index in [2.05, 4.69) is 22.1 Å². The highest BCUT2D eigenvalue weighted by molar-refractivity contribution is 6.34. The molecule has 1 amide bonds. The summed E-state index contributed by atoms with van der Waals surface area (Å²) in [7, 11) is 0. The van der Waals surface area contributed by atoms with Crippen LogP contribution in [0.4, 0.5) is 10.1 Å². The van der Waals surface area contributed by atoms with Crippen LogP contribution < -0.4 is 5.32 Å². The van der Waals surface area contributed by atoms with Gasteiger partial charge in [0.15, 0.2) is 0 Å². The summed E-state index contributed by atoms with van der Waals surface area (Å²) >= 11 is 5.99. The highest BCUT2D eigenvalue weighted by atomic mass is 35.5. The third-order valence-corrected chi connectivity index (χ3v) is 2.82. The van der Waals surface area contributed by atoms with Crippen molar-refractivity contribution in [3.8, 4) is 11.8 Å². The highest BCUT2D eigenvalue weighted by Crippen LogP contribution is 2.23. The van der Waals surface area contributed by atoms with Gasteiger partial charge in [0, 0.05) is 11.8 Å². The van der Waals surface area contributed by atoms with Crippen LogP contribution in [0, 0.1) is 17.7 Å². The fraction of sp³-hybridized carbons (Fsp3) is 0.0667. The molecule has 21 heavy (non-hydrogen) atoms. The van der Waals surface area contributed by atoms with Gasteiger partial charge in [0.2, 0.25) is 0 Å². The lowest BCUT2D eigenvalue weighted by Crippen LogP contribution is -2.13. The van der Waals surface area contributed by atoms with Gasteiger partial charge < -0.3 is 10.4 Å². The number of aromatic nitrogens is 1.